The molecule has 0 atom stereocenters. The standard InChI is InChI=1S/C22H29IS2Si.C22H30S2Si/c1-6-8-11-22(12-9-7-2)17-14-16(10-13-26(3,4)5)24-20(17)21-18(22)15-19(23)25-21;1-6-8-12-22(13-9-7-2)18-10-14-23-20(18)21-19(22)16-17(24-21)11-15-25(3,4)5/h14-15H,6-9,11-12H2,1-5H3;10,14,16H,6-9,12-13H2,1-5H3. The summed E-state index contributed by atoms with van der Waals surface area (Å²) in [5.74, 6) is 7.06. The zero-order chi connectivity index (χ0) is 37.0. The van der Waals surface area contributed by atoms with Gasteiger partial charge in [-0.3, -0.25) is 0 Å². The van der Waals surface area contributed by atoms with E-state index in [1.807, 2.05) is 45.3 Å². The summed E-state index contributed by atoms with van der Waals surface area (Å²) in [6.45, 7) is 23.2. The first-order valence-electron chi connectivity index (χ1n) is 19.5. The number of hydrogen-bond acceptors (Lipinski definition) is 4. The molecule has 274 valence electrons. The second kappa shape index (κ2) is 17.3. The zero-order valence-corrected chi connectivity index (χ0v) is 40.3. The van der Waals surface area contributed by atoms with Gasteiger partial charge in [0.2, 0.25) is 0 Å². The Morgan fingerprint density at radius 1 is 0.549 bits per heavy atom. The van der Waals surface area contributed by atoms with Crippen molar-refractivity contribution in [2.75, 3.05) is 0 Å². The largest absolute Gasteiger partial charge is 0.143 e. The Bertz CT molecular complexity index is 1900. The van der Waals surface area contributed by atoms with Crippen LogP contribution in [0.3, 0.4) is 0 Å². The van der Waals surface area contributed by atoms with Gasteiger partial charge in [-0.05, 0) is 100 Å². The van der Waals surface area contributed by atoms with Gasteiger partial charge in [-0.2, -0.15) is 0 Å². The van der Waals surface area contributed by atoms with Gasteiger partial charge in [0.05, 0.1) is 17.5 Å². The van der Waals surface area contributed by atoms with Crippen molar-refractivity contribution < 1.29 is 0 Å². The summed E-state index contributed by atoms with van der Waals surface area (Å²) in [5, 5.41) is 2.30. The monoisotopic (exact) mass is 898 g/mol. The van der Waals surface area contributed by atoms with Crippen LogP contribution in [0.4, 0.5) is 0 Å². The summed E-state index contributed by atoms with van der Waals surface area (Å²) in [4.78, 5) is 8.70. The minimum absolute atomic E-state index is 0.242. The summed E-state index contributed by atoms with van der Waals surface area (Å²) >= 11 is 10.3. The lowest BCUT2D eigenvalue weighted by molar-refractivity contribution is 0.415. The van der Waals surface area contributed by atoms with E-state index in [9.17, 15) is 0 Å². The molecule has 7 heteroatoms. The molecule has 4 aromatic heterocycles. The van der Waals surface area contributed by atoms with E-state index in [0.29, 0.717) is 0 Å². The van der Waals surface area contributed by atoms with Crippen molar-refractivity contribution in [2.45, 2.75) is 155 Å². The van der Waals surface area contributed by atoms with Crippen LogP contribution in [0, 0.1) is 25.8 Å². The Morgan fingerprint density at radius 2 is 0.941 bits per heavy atom. The van der Waals surface area contributed by atoms with Gasteiger partial charge in [0.15, 0.2) is 0 Å². The zero-order valence-electron chi connectivity index (χ0n) is 32.9. The number of fused-ring (bicyclic) bond motifs is 6. The lowest BCUT2D eigenvalue weighted by Crippen LogP contribution is -2.24. The quantitative estimate of drug-likeness (QED) is 0.0755. The molecule has 2 aliphatic carbocycles. The van der Waals surface area contributed by atoms with Crippen LogP contribution in [-0.2, 0) is 10.8 Å². The highest BCUT2D eigenvalue weighted by Gasteiger charge is 2.46. The highest BCUT2D eigenvalue weighted by molar-refractivity contribution is 14.1. The van der Waals surface area contributed by atoms with Crippen LogP contribution < -0.4 is 0 Å². The van der Waals surface area contributed by atoms with E-state index < -0.39 is 16.1 Å². The van der Waals surface area contributed by atoms with Crippen LogP contribution in [0.1, 0.15) is 137 Å². The molecule has 6 rings (SSSR count). The van der Waals surface area contributed by atoms with Crippen LogP contribution >= 0.6 is 67.9 Å². The first-order valence-corrected chi connectivity index (χ1v) is 30.9. The smallest absolute Gasteiger partial charge is 0.129 e. The van der Waals surface area contributed by atoms with E-state index in [0.717, 1.165) is 0 Å². The summed E-state index contributed by atoms with van der Waals surface area (Å²) in [5.41, 5.74) is 14.1. The van der Waals surface area contributed by atoms with Crippen LogP contribution in [0.5, 0.6) is 0 Å². The number of halogens is 1. The van der Waals surface area contributed by atoms with E-state index in [2.05, 4.69) is 142 Å². The summed E-state index contributed by atoms with van der Waals surface area (Å²) in [6, 6.07) is 9.79. The molecule has 51 heavy (non-hydrogen) atoms. The molecule has 4 aromatic rings. The fourth-order valence-electron chi connectivity index (χ4n) is 7.73. The Morgan fingerprint density at radius 3 is 1.37 bits per heavy atom. The van der Waals surface area contributed by atoms with Gasteiger partial charge in [-0.1, -0.05) is 130 Å². The predicted molar refractivity (Wildman–Crippen MR) is 248 cm³/mol. The minimum Gasteiger partial charge on any atom is -0.143 e. The Kier molecular flexibility index (Phi) is 14.0. The normalized spacial score (nSPS) is 14.7. The van der Waals surface area contributed by atoms with Crippen LogP contribution in [0.25, 0.3) is 19.5 Å². The van der Waals surface area contributed by atoms with Crippen molar-refractivity contribution in [3.63, 3.8) is 0 Å². The molecule has 0 unspecified atom stereocenters. The van der Waals surface area contributed by atoms with Crippen molar-refractivity contribution in [2.24, 2.45) is 0 Å². The molecule has 2 aliphatic rings. The number of hydrogen-bond donors (Lipinski definition) is 0. The molecule has 0 bridgehead atoms. The van der Waals surface area contributed by atoms with E-state index in [4.69, 9.17) is 0 Å². The van der Waals surface area contributed by atoms with Gasteiger partial charge in [0.25, 0.3) is 0 Å². The third-order valence-electron chi connectivity index (χ3n) is 10.3. The molecule has 0 N–H and O–H groups in total. The first kappa shape index (κ1) is 41.3. The maximum absolute atomic E-state index is 3.57. The number of rotatable bonds is 12. The second-order valence-electron chi connectivity index (χ2n) is 16.7. The lowest BCUT2D eigenvalue weighted by Gasteiger charge is -2.31. The second-order valence-corrected chi connectivity index (χ2v) is 32.2. The fourth-order valence-corrected chi connectivity index (χ4v) is 14.4. The summed E-state index contributed by atoms with van der Waals surface area (Å²) < 4.78 is 1.43. The average Bonchev–Trinajstić information content (AvgIpc) is 3.91. The van der Waals surface area contributed by atoms with Crippen LogP contribution in [0.15, 0.2) is 29.6 Å². The predicted octanol–water partition coefficient (Wildman–Crippen LogP) is 16.0. The highest BCUT2D eigenvalue weighted by Crippen LogP contribution is 2.60. The molecule has 0 aliphatic heterocycles. The molecular weight excluding hydrogens is 840 g/mol. The Labute approximate surface area is 342 Å². The van der Waals surface area contributed by atoms with Crippen molar-refractivity contribution >= 4 is 84.1 Å². The topological polar surface area (TPSA) is 0 Å². The van der Waals surface area contributed by atoms with Gasteiger partial charge in [0.1, 0.15) is 16.1 Å². The molecule has 0 amide bonds. The first-order chi connectivity index (χ1) is 24.2. The van der Waals surface area contributed by atoms with Crippen molar-refractivity contribution in [3.05, 3.63) is 64.5 Å². The van der Waals surface area contributed by atoms with E-state index in [1.54, 1.807) is 27.1 Å². The molecule has 4 heterocycles. The Hall–Kier alpha value is -0.916. The van der Waals surface area contributed by atoms with Crippen molar-refractivity contribution in [3.8, 4) is 42.4 Å². The van der Waals surface area contributed by atoms with E-state index in [-0.39, 0.29) is 10.8 Å². The highest BCUT2D eigenvalue weighted by atomic mass is 127. The molecule has 0 nitrogen and oxygen atoms in total. The van der Waals surface area contributed by atoms with Gasteiger partial charge in [-0.25, -0.2) is 0 Å². The lowest BCUT2D eigenvalue weighted by atomic mass is 9.72. The molecular formula is C44H59IS4Si2. The van der Waals surface area contributed by atoms with Gasteiger partial charge < -0.3 is 0 Å². The van der Waals surface area contributed by atoms with E-state index >= 15 is 0 Å². The molecule has 0 aromatic carbocycles. The average molecular weight is 899 g/mol. The number of unbranched alkanes of at least 4 members (excludes halogenated alkanes) is 4. The van der Waals surface area contributed by atoms with Crippen molar-refractivity contribution in [1.29, 1.82) is 0 Å². The van der Waals surface area contributed by atoms with Crippen LogP contribution in [-0.4, -0.2) is 16.1 Å². The number of thiophene rings is 4. The molecule has 0 saturated heterocycles. The molecule has 0 radical (unpaired) electrons. The van der Waals surface area contributed by atoms with E-state index in [1.165, 1.54) is 104 Å². The van der Waals surface area contributed by atoms with Gasteiger partial charge in [0, 0.05) is 25.5 Å². The van der Waals surface area contributed by atoms with Crippen LogP contribution in [0.2, 0.25) is 39.3 Å². The minimum atomic E-state index is -1.34. The maximum Gasteiger partial charge on any atom is 0.129 e. The van der Waals surface area contributed by atoms with Gasteiger partial charge in [-0.15, -0.1) is 56.4 Å². The summed E-state index contributed by atoms with van der Waals surface area (Å²) in [6.07, 6.45) is 15.5. The fraction of sp³-hybridized carbons (Fsp3) is 0.545. The molecule has 0 fully saturated rings. The third kappa shape index (κ3) is 9.14. The van der Waals surface area contributed by atoms with Gasteiger partial charge >= 0.3 is 0 Å². The third-order valence-corrected chi connectivity index (χ3v) is 17.2. The summed E-state index contributed by atoms with van der Waals surface area (Å²) in [7, 11) is -2.67. The molecule has 0 saturated carbocycles. The SMILES string of the molecule is CCCCC1(CCCC)c2cc(I)sc2-c2sc(C#C[Si](C)(C)C)cc21.CCCCC1(CCCC)c2ccsc2-c2sc(C#C[Si](C)(C)C)cc21. The van der Waals surface area contributed by atoms with Crippen molar-refractivity contribution in [1.82, 2.24) is 0 Å². The Balaban J connectivity index is 0.000000198. The molecule has 0 spiro atoms. The maximum atomic E-state index is 3.57.